The first-order chi connectivity index (χ1) is 9.22. The second kappa shape index (κ2) is 5.16. The molecule has 0 atom stereocenters. The molecule has 1 saturated carbocycles. The minimum Gasteiger partial charge on any atom is -0.263 e. The molecule has 0 spiro atoms. The third kappa shape index (κ3) is 2.70. The number of nitrogens with zero attached hydrogens (tertiary/aromatic N) is 2. The van der Waals surface area contributed by atoms with Gasteiger partial charge in [0, 0.05) is 12.3 Å². The lowest BCUT2D eigenvalue weighted by Crippen LogP contribution is -1.97. The number of rotatable bonds is 3. The standard InChI is InChI=1S/C16H21N3/c1-11-7-8-12(2)14(9-11)10-15-17-16(19-18-15)13-5-3-4-6-13/h7-9,13H,3-6,10H2,1-2H3,(H,17,18,19). The molecule has 0 aliphatic heterocycles. The molecule has 0 radical (unpaired) electrons. The van der Waals surface area contributed by atoms with E-state index in [-0.39, 0.29) is 0 Å². The van der Waals surface area contributed by atoms with Crippen LogP contribution in [0.5, 0.6) is 0 Å². The molecule has 3 rings (SSSR count). The molecule has 2 aromatic rings. The fourth-order valence-corrected chi connectivity index (χ4v) is 2.93. The zero-order valence-electron chi connectivity index (χ0n) is 11.7. The Bertz CT molecular complexity index is 565. The molecule has 0 bridgehead atoms. The number of benzene rings is 1. The summed E-state index contributed by atoms with van der Waals surface area (Å²) in [6.45, 7) is 4.29. The first kappa shape index (κ1) is 12.4. The molecule has 3 heteroatoms. The third-order valence-corrected chi connectivity index (χ3v) is 4.13. The van der Waals surface area contributed by atoms with E-state index in [4.69, 9.17) is 4.98 Å². The van der Waals surface area contributed by atoms with Crippen molar-refractivity contribution in [3.8, 4) is 0 Å². The van der Waals surface area contributed by atoms with Gasteiger partial charge in [0.15, 0.2) is 5.82 Å². The monoisotopic (exact) mass is 255 g/mol. The van der Waals surface area contributed by atoms with Gasteiger partial charge in [-0.05, 0) is 37.8 Å². The smallest absolute Gasteiger partial charge is 0.153 e. The van der Waals surface area contributed by atoms with Crippen LogP contribution in [0.4, 0.5) is 0 Å². The average molecular weight is 255 g/mol. The van der Waals surface area contributed by atoms with Gasteiger partial charge in [0.1, 0.15) is 5.82 Å². The first-order valence-electron chi connectivity index (χ1n) is 7.19. The molecule has 0 amide bonds. The molecule has 1 heterocycles. The fraction of sp³-hybridized carbons (Fsp3) is 0.500. The van der Waals surface area contributed by atoms with Gasteiger partial charge in [-0.2, -0.15) is 5.10 Å². The molecule has 0 saturated heterocycles. The van der Waals surface area contributed by atoms with E-state index in [2.05, 4.69) is 42.2 Å². The summed E-state index contributed by atoms with van der Waals surface area (Å²) < 4.78 is 0. The van der Waals surface area contributed by atoms with E-state index in [0.717, 1.165) is 18.1 Å². The molecule has 1 aliphatic carbocycles. The number of aromatic amines is 1. The van der Waals surface area contributed by atoms with E-state index >= 15 is 0 Å². The Kier molecular flexibility index (Phi) is 3.36. The fourth-order valence-electron chi connectivity index (χ4n) is 2.93. The van der Waals surface area contributed by atoms with Crippen LogP contribution in [0.2, 0.25) is 0 Å². The van der Waals surface area contributed by atoms with Crippen LogP contribution in [0.1, 0.15) is 59.9 Å². The molecule has 19 heavy (non-hydrogen) atoms. The molecule has 1 aromatic heterocycles. The van der Waals surface area contributed by atoms with E-state index in [1.165, 1.54) is 42.4 Å². The number of hydrogen-bond acceptors (Lipinski definition) is 2. The van der Waals surface area contributed by atoms with Crippen LogP contribution in [0.3, 0.4) is 0 Å². The van der Waals surface area contributed by atoms with E-state index < -0.39 is 0 Å². The van der Waals surface area contributed by atoms with Crippen LogP contribution in [0, 0.1) is 13.8 Å². The van der Waals surface area contributed by atoms with E-state index in [9.17, 15) is 0 Å². The normalized spacial score (nSPS) is 16.1. The van der Waals surface area contributed by atoms with Gasteiger partial charge in [-0.15, -0.1) is 0 Å². The topological polar surface area (TPSA) is 41.6 Å². The molecular weight excluding hydrogens is 234 g/mol. The predicted octanol–water partition coefficient (Wildman–Crippen LogP) is 3.67. The van der Waals surface area contributed by atoms with Crippen molar-refractivity contribution in [1.29, 1.82) is 0 Å². The van der Waals surface area contributed by atoms with E-state index in [1.807, 2.05) is 0 Å². The van der Waals surface area contributed by atoms with Crippen molar-refractivity contribution in [2.75, 3.05) is 0 Å². The van der Waals surface area contributed by atoms with Crippen LogP contribution < -0.4 is 0 Å². The Labute approximate surface area is 114 Å². The Morgan fingerprint density at radius 1 is 1.21 bits per heavy atom. The van der Waals surface area contributed by atoms with Crippen molar-refractivity contribution in [1.82, 2.24) is 15.2 Å². The lowest BCUT2D eigenvalue weighted by atomic mass is 10.0. The van der Waals surface area contributed by atoms with Gasteiger partial charge in [0.2, 0.25) is 0 Å². The zero-order valence-corrected chi connectivity index (χ0v) is 11.7. The molecule has 1 N–H and O–H groups in total. The van der Waals surface area contributed by atoms with Crippen molar-refractivity contribution < 1.29 is 0 Å². The molecule has 1 aliphatic rings. The summed E-state index contributed by atoms with van der Waals surface area (Å²) in [6, 6.07) is 6.58. The van der Waals surface area contributed by atoms with Gasteiger partial charge in [0.25, 0.3) is 0 Å². The summed E-state index contributed by atoms with van der Waals surface area (Å²) in [4.78, 5) is 4.69. The lowest BCUT2D eigenvalue weighted by Gasteiger charge is -2.05. The largest absolute Gasteiger partial charge is 0.263 e. The highest BCUT2D eigenvalue weighted by molar-refractivity contribution is 5.32. The highest BCUT2D eigenvalue weighted by atomic mass is 15.2. The number of aromatic nitrogens is 3. The van der Waals surface area contributed by atoms with Gasteiger partial charge in [-0.3, -0.25) is 5.10 Å². The summed E-state index contributed by atoms with van der Waals surface area (Å²) >= 11 is 0. The maximum absolute atomic E-state index is 4.69. The molecule has 1 fully saturated rings. The molecule has 3 nitrogen and oxygen atoms in total. The van der Waals surface area contributed by atoms with Crippen LogP contribution >= 0.6 is 0 Å². The predicted molar refractivity (Wildman–Crippen MR) is 76.3 cm³/mol. The van der Waals surface area contributed by atoms with Crippen molar-refractivity contribution >= 4 is 0 Å². The van der Waals surface area contributed by atoms with Crippen LogP contribution in [0.15, 0.2) is 18.2 Å². The third-order valence-electron chi connectivity index (χ3n) is 4.13. The summed E-state index contributed by atoms with van der Waals surface area (Å²) in [6.07, 6.45) is 6.01. The quantitative estimate of drug-likeness (QED) is 0.909. The van der Waals surface area contributed by atoms with Gasteiger partial charge in [0.05, 0.1) is 0 Å². The Hall–Kier alpha value is -1.64. The van der Waals surface area contributed by atoms with Gasteiger partial charge >= 0.3 is 0 Å². The van der Waals surface area contributed by atoms with Crippen LogP contribution in [-0.4, -0.2) is 15.2 Å². The summed E-state index contributed by atoms with van der Waals surface area (Å²) in [7, 11) is 0. The lowest BCUT2D eigenvalue weighted by molar-refractivity contribution is 0.671. The Morgan fingerprint density at radius 2 is 2.00 bits per heavy atom. The Balaban J connectivity index is 1.77. The second-order valence-corrected chi connectivity index (χ2v) is 5.73. The van der Waals surface area contributed by atoms with E-state index in [0.29, 0.717) is 5.92 Å². The minimum atomic E-state index is 0.587. The average Bonchev–Trinajstić information content (AvgIpc) is 3.04. The number of H-pyrrole nitrogens is 1. The van der Waals surface area contributed by atoms with Crippen LogP contribution in [0.25, 0.3) is 0 Å². The van der Waals surface area contributed by atoms with Crippen molar-refractivity contribution in [3.63, 3.8) is 0 Å². The van der Waals surface area contributed by atoms with Gasteiger partial charge in [-0.25, -0.2) is 4.98 Å². The number of nitrogens with one attached hydrogen (secondary N) is 1. The Morgan fingerprint density at radius 3 is 2.79 bits per heavy atom. The molecule has 0 unspecified atom stereocenters. The summed E-state index contributed by atoms with van der Waals surface area (Å²) in [5.41, 5.74) is 3.97. The van der Waals surface area contributed by atoms with Crippen molar-refractivity contribution in [2.45, 2.75) is 51.9 Å². The second-order valence-electron chi connectivity index (χ2n) is 5.73. The summed E-state index contributed by atoms with van der Waals surface area (Å²) in [5.74, 6) is 2.61. The SMILES string of the molecule is Cc1ccc(C)c(Cc2nc(C3CCCC3)n[nH]2)c1. The van der Waals surface area contributed by atoms with Gasteiger partial charge in [-0.1, -0.05) is 36.6 Å². The maximum Gasteiger partial charge on any atom is 0.153 e. The highest BCUT2D eigenvalue weighted by Crippen LogP contribution is 2.32. The van der Waals surface area contributed by atoms with Crippen LogP contribution in [-0.2, 0) is 6.42 Å². The highest BCUT2D eigenvalue weighted by Gasteiger charge is 2.21. The van der Waals surface area contributed by atoms with Crippen molar-refractivity contribution in [2.24, 2.45) is 0 Å². The molecular formula is C16H21N3. The first-order valence-corrected chi connectivity index (χ1v) is 7.19. The summed E-state index contributed by atoms with van der Waals surface area (Å²) in [5, 5.41) is 7.53. The maximum atomic E-state index is 4.69. The number of aryl methyl sites for hydroxylation is 2. The zero-order chi connectivity index (χ0) is 13.2. The molecule has 100 valence electrons. The van der Waals surface area contributed by atoms with Crippen molar-refractivity contribution in [3.05, 3.63) is 46.5 Å². The minimum absolute atomic E-state index is 0.587. The van der Waals surface area contributed by atoms with Gasteiger partial charge < -0.3 is 0 Å². The number of hydrogen-bond donors (Lipinski definition) is 1. The van der Waals surface area contributed by atoms with E-state index in [1.54, 1.807) is 0 Å². The molecule has 1 aromatic carbocycles.